The van der Waals surface area contributed by atoms with Crippen LogP contribution in [0.5, 0.6) is 0 Å². The van der Waals surface area contributed by atoms with Crippen LogP contribution in [-0.2, 0) is 4.79 Å². The third-order valence-electron chi connectivity index (χ3n) is 3.71. The van der Waals surface area contributed by atoms with Crippen molar-refractivity contribution in [1.29, 1.82) is 0 Å². The number of hydrogen-bond donors (Lipinski definition) is 2. The van der Waals surface area contributed by atoms with Crippen molar-refractivity contribution in [3.8, 4) is 0 Å². The number of rotatable bonds is 3. The van der Waals surface area contributed by atoms with Gasteiger partial charge in [-0.05, 0) is 43.4 Å². The fourth-order valence-corrected chi connectivity index (χ4v) is 2.59. The minimum absolute atomic E-state index is 0.0180. The van der Waals surface area contributed by atoms with Gasteiger partial charge >= 0.3 is 12.0 Å². The summed E-state index contributed by atoms with van der Waals surface area (Å²) >= 11 is 0. The molecule has 0 bridgehead atoms. The molecule has 2 amide bonds. The maximum absolute atomic E-state index is 13.2. The molecule has 1 aliphatic heterocycles. The maximum atomic E-state index is 13.2. The average Bonchev–Trinajstić information content (AvgIpc) is 2.42. The lowest BCUT2D eigenvalue weighted by Gasteiger charge is -2.32. The number of halogens is 1. The van der Waals surface area contributed by atoms with Crippen LogP contribution in [0.4, 0.5) is 14.9 Å². The summed E-state index contributed by atoms with van der Waals surface area (Å²) < 4.78 is 13.2. The van der Waals surface area contributed by atoms with E-state index < -0.39 is 11.8 Å². The van der Waals surface area contributed by atoms with Crippen molar-refractivity contribution in [2.75, 3.05) is 18.4 Å². The molecule has 6 heteroatoms. The van der Waals surface area contributed by atoms with Gasteiger partial charge in [-0.1, -0.05) is 6.07 Å². The number of aryl methyl sites for hydroxylation is 1. The molecule has 1 fully saturated rings. The van der Waals surface area contributed by atoms with Crippen LogP contribution in [0, 0.1) is 18.7 Å². The lowest BCUT2D eigenvalue weighted by atomic mass is 9.95. The SMILES string of the molecule is Cc1ccc(F)cc1NC(=O)N1CCCC(CC(=O)O)C1. The second kappa shape index (κ2) is 6.56. The molecule has 5 nitrogen and oxygen atoms in total. The van der Waals surface area contributed by atoms with E-state index in [1.165, 1.54) is 12.1 Å². The highest BCUT2D eigenvalue weighted by atomic mass is 19.1. The molecule has 1 aromatic rings. The van der Waals surface area contributed by atoms with E-state index in [1.807, 2.05) is 0 Å². The molecule has 21 heavy (non-hydrogen) atoms. The summed E-state index contributed by atoms with van der Waals surface area (Å²) in [6, 6.07) is 3.92. The number of carboxylic acid groups (broad SMARTS) is 1. The van der Waals surface area contributed by atoms with E-state index in [0.717, 1.165) is 18.4 Å². The molecular weight excluding hydrogens is 275 g/mol. The number of nitrogens with one attached hydrogen (secondary N) is 1. The minimum atomic E-state index is -0.844. The standard InChI is InChI=1S/C15H19FN2O3/c1-10-4-5-12(16)8-13(10)17-15(21)18-6-2-3-11(9-18)7-14(19)20/h4-5,8,11H,2-3,6-7,9H2,1H3,(H,17,21)(H,19,20). The molecule has 1 saturated heterocycles. The van der Waals surface area contributed by atoms with E-state index in [2.05, 4.69) is 5.32 Å². The van der Waals surface area contributed by atoms with Gasteiger partial charge in [0.05, 0.1) is 0 Å². The highest BCUT2D eigenvalue weighted by Crippen LogP contribution is 2.21. The molecule has 2 N–H and O–H groups in total. The molecule has 0 aromatic heterocycles. The predicted octanol–water partition coefficient (Wildman–Crippen LogP) is 2.85. The summed E-state index contributed by atoms with van der Waals surface area (Å²) in [6.07, 6.45) is 1.67. The molecule has 0 aliphatic carbocycles. The van der Waals surface area contributed by atoms with E-state index in [1.54, 1.807) is 17.9 Å². The van der Waals surface area contributed by atoms with Crippen LogP contribution in [0.3, 0.4) is 0 Å². The first-order chi connectivity index (χ1) is 9.95. The summed E-state index contributed by atoms with van der Waals surface area (Å²) in [6.45, 7) is 2.81. The molecule has 2 rings (SSSR count). The number of urea groups is 1. The Kier molecular flexibility index (Phi) is 4.77. The molecule has 0 spiro atoms. The highest BCUT2D eigenvalue weighted by molar-refractivity contribution is 5.90. The molecular formula is C15H19FN2O3. The van der Waals surface area contributed by atoms with E-state index in [4.69, 9.17) is 5.11 Å². The Morgan fingerprint density at radius 1 is 1.48 bits per heavy atom. The Bertz CT molecular complexity index is 548. The van der Waals surface area contributed by atoms with Gasteiger partial charge in [0, 0.05) is 25.2 Å². The second-order valence-corrected chi connectivity index (χ2v) is 5.44. The number of anilines is 1. The highest BCUT2D eigenvalue weighted by Gasteiger charge is 2.25. The second-order valence-electron chi connectivity index (χ2n) is 5.44. The zero-order valence-electron chi connectivity index (χ0n) is 11.9. The first kappa shape index (κ1) is 15.3. The first-order valence-corrected chi connectivity index (χ1v) is 6.99. The maximum Gasteiger partial charge on any atom is 0.321 e. The van der Waals surface area contributed by atoms with Crippen LogP contribution in [0.2, 0.25) is 0 Å². The van der Waals surface area contributed by atoms with Crippen LogP contribution in [-0.4, -0.2) is 35.1 Å². The van der Waals surface area contributed by atoms with E-state index in [-0.39, 0.29) is 18.4 Å². The Balaban J connectivity index is 1.99. The summed E-state index contributed by atoms with van der Waals surface area (Å²) in [5.74, 6) is -1.27. The van der Waals surface area contributed by atoms with Gasteiger partial charge in [0.15, 0.2) is 0 Å². The fraction of sp³-hybridized carbons (Fsp3) is 0.467. The van der Waals surface area contributed by atoms with Crippen molar-refractivity contribution in [1.82, 2.24) is 4.90 Å². The van der Waals surface area contributed by atoms with Gasteiger partial charge < -0.3 is 15.3 Å². The zero-order chi connectivity index (χ0) is 15.4. The number of nitrogens with zero attached hydrogens (tertiary/aromatic N) is 1. The molecule has 0 saturated carbocycles. The summed E-state index contributed by atoms with van der Waals surface area (Å²) in [4.78, 5) is 24.6. The smallest absolute Gasteiger partial charge is 0.321 e. The van der Waals surface area contributed by atoms with Gasteiger partial charge in [0.1, 0.15) is 5.82 Å². The van der Waals surface area contributed by atoms with Crippen LogP contribution in [0.1, 0.15) is 24.8 Å². The number of carbonyl (C=O) groups excluding carboxylic acids is 1. The quantitative estimate of drug-likeness (QED) is 0.900. The number of likely N-dealkylation sites (tertiary alicyclic amines) is 1. The molecule has 1 atom stereocenters. The number of aliphatic carboxylic acids is 1. The van der Waals surface area contributed by atoms with Crippen molar-refractivity contribution in [3.05, 3.63) is 29.6 Å². The number of carboxylic acids is 1. The topological polar surface area (TPSA) is 69.6 Å². The van der Waals surface area contributed by atoms with Crippen molar-refractivity contribution in [2.45, 2.75) is 26.2 Å². The fourth-order valence-electron chi connectivity index (χ4n) is 2.59. The number of hydrogen-bond acceptors (Lipinski definition) is 2. The number of piperidine rings is 1. The number of amides is 2. The third kappa shape index (κ3) is 4.18. The van der Waals surface area contributed by atoms with Gasteiger partial charge in [-0.3, -0.25) is 4.79 Å². The summed E-state index contributed by atoms with van der Waals surface area (Å²) in [5, 5.41) is 11.5. The summed E-state index contributed by atoms with van der Waals surface area (Å²) in [7, 11) is 0. The lowest BCUT2D eigenvalue weighted by molar-refractivity contribution is -0.138. The van der Waals surface area contributed by atoms with Crippen molar-refractivity contribution in [2.24, 2.45) is 5.92 Å². The average molecular weight is 294 g/mol. The van der Waals surface area contributed by atoms with Gasteiger partial charge in [0.2, 0.25) is 0 Å². The predicted molar refractivity (Wildman–Crippen MR) is 76.7 cm³/mol. The monoisotopic (exact) mass is 294 g/mol. The van der Waals surface area contributed by atoms with E-state index in [0.29, 0.717) is 18.8 Å². The summed E-state index contributed by atoms with van der Waals surface area (Å²) in [5.41, 5.74) is 1.23. The number of benzene rings is 1. The Hall–Kier alpha value is -2.11. The lowest BCUT2D eigenvalue weighted by Crippen LogP contribution is -2.42. The first-order valence-electron chi connectivity index (χ1n) is 6.99. The molecule has 1 heterocycles. The van der Waals surface area contributed by atoms with Crippen LogP contribution in [0.25, 0.3) is 0 Å². The van der Waals surface area contributed by atoms with Crippen molar-refractivity contribution >= 4 is 17.7 Å². The van der Waals surface area contributed by atoms with E-state index in [9.17, 15) is 14.0 Å². The Morgan fingerprint density at radius 2 is 2.24 bits per heavy atom. The molecule has 114 valence electrons. The molecule has 1 aromatic carbocycles. The van der Waals surface area contributed by atoms with Crippen molar-refractivity contribution < 1.29 is 19.1 Å². The Labute approximate surface area is 122 Å². The van der Waals surface area contributed by atoms with Crippen LogP contribution < -0.4 is 5.32 Å². The van der Waals surface area contributed by atoms with Crippen LogP contribution in [0.15, 0.2) is 18.2 Å². The largest absolute Gasteiger partial charge is 0.481 e. The normalized spacial score (nSPS) is 18.4. The van der Waals surface area contributed by atoms with Crippen molar-refractivity contribution in [3.63, 3.8) is 0 Å². The third-order valence-corrected chi connectivity index (χ3v) is 3.71. The minimum Gasteiger partial charge on any atom is -0.481 e. The van der Waals surface area contributed by atoms with Gasteiger partial charge in [-0.15, -0.1) is 0 Å². The van der Waals surface area contributed by atoms with E-state index >= 15 is 0 Å². The molecule has 1 unspecified atom stereocenters. The van der Waals surface area contributed by atoms with Gasteiger partial charge in [-0.2, -0.15) is 0 Å². The number of carbonyl (C=O) groups is 2. The van der Waals surface area contributed by atoms with Gasteiger partial charge in [-0.25, -0.2) is 9.18 Å². The molecule has 1 aliphatic rings. The van der Waals surface area contributed by atoms with Gasteiger partial charge in [0.25, 0.3) is 0 Å². The Morgan fingerprint density at radius 3 is 2.95 bits per heavy atom. The van der Waals surface area contributed by atoms with Crippen LogP contribution >= 0.6 is 0 Å². The zero-order valence-corrected chi connectivity index (χ0v) is 11.9. The molecule has 0 radical (unpaired) electrons.